The van der Waals surface area contributed by atoms with Gasteiger partial charge in [0, 0.05) is 22.8 Å². The minimum atomic E-state index is -0.463. The molecule has 0 saturated heterocycles. The molecular formula is C12H11FN2OS. The molecule has 2 aromatic rings. The molecule has 0 radical (unpaired) electrons. The highest BCUT2D eigenvalue weighted by atomic mass is 32.2. The Morgan fingerprint density at radius 2 is 2.18 bits per heavy atom. The number of hydrogen-bond donors (Lipinski definition) is 1. The molecule has 3 nitrogen and oxygen atoms in total. The van der Waals surface area contributed by atoms with Gasteiger partial charge < -0.3 is 10.5 Å². The monoisotopic (exact) mass is 250 g/mol. The van der Waals surface area contributed by atoms with Crippen molar-refractivity contribution < 1.29 is 9.13 Å². The summed E-state index contributed by atoms with van der Waals surface area (Å²) < 4.78 is 18.3. The number of anilines is 1. The van der Waals surface area contributed by atoms with E-state index in [-0.39, 0.29) is 5.75 Å². The molecule has 0 aliphatic carbocycles. The molecule has 0 fully saturated rings. The molecule has 0 saturated carbocycles. The summed E-state index contributed by atoms with van der Waals surface area (Å²) >= 11 is 1.37. The average Bonchev–Trinajstić information content (AvgIpc) is 2.34. The first-order valence-corrected chi connectivity index (χ1v) is 5.74. The highest BCUT2D eigenvalue weighted by Crippen LogP contribution is 2.34. The van der Waals surface area contributed by atoms with Gasteiger partial charge >= 0.3 is 0 Å². The SMILES string of the molecule is COc1cc(Sc2ccccn2)c(N)cc1F. The Morgan fingerprint density at radius 3 is 2.82 bits per heavy atom. The van der Waals surface area contributed by atoms with Crippen LogP contribution in [0.15, 0.2) is 46.5 Å². The van der Waals surface area contributed by atoms with Crippen LogP contribution in [-0.4, -0.2) is 12.1 Å². The number of methoxy groups -OCH3 is 1. The third-order valence-corrected chi connectivity index (χ3v) is 3.16. The molecule has 0 bridgehead atoms. The average molecular weight is 250 g/mol. The number of benzene rings is 1. The van der Waals surface area contributed by atoms with Gasteiger partial charge in [0.15, 0.2) is 11.6 Å². The van der Waals surface area contributed by atoms with Crippen LogP contribution in [0.4, 0.5) is 10.1 Å². The van der Waals surface area contributed by atoms with Crippen LogP contribution in [0.1, 0.15) is 0 Å². The Bertz CT molecular complexity index is 519. The first-order chi connectivity index (χ1) is 8.20. The van der Waals surface area contributed by atoms with Crippen LogP contribution in [0.25, 0.3) is 0 Å². The van der Waals surface area contributed by atoms with Gasteiger partial charge in [-0.3, -0.25) is 0 Å². The van der Waals surface area contributed by atoms with Gasteiger partial charge in [0.05, 0.1) is 7.11 Å². The summed E-state index contributed by atoms with van der Waals surface area (Å²) in [5.41, 5.74) is 6.12. The van der Waals surface area contributed by atoms with Gasteiger partial charge in [-0.15, -0.1) is 0 Å². The van der Waals surface area contributed by atoms with Gasteiger partial charge in [0.2, 0.25) is 0 Å². The van der Waals surface area contributed by atoms with Crippen LogP contribution in [0, 0.1) is 5.82 Å². The second-order valence-electron chi connectivity index (χ2n) is 3.29. The van der Waals surface area contributed by atoms with Crippen molar-refractivity contribution in [1.29, 1.82) is 0 Å². The molecule has 1 aromatic heterocycles. The fourth-order valence-corrected chi connectivity index (χ4v) is 2.14. The molecule has 0 amide bonds. The number of rotatable bonds is 3. The van der Waals surface area contributed by atoms with E-state index in [0.29, 0.717) is 5.69 Å². The first-order valence-electron chi connectivity index (χ1n) is 4.92. The Kier molecular flexibility index (Phi) is 3.49. The summed E-state index contributed by atoms with van der Waals surface area (Å²) in [5, 5.41) is 0.799. The zero-order valence-electron chi connectivity index (χ0n) is 9.18. The second-order valence-corrected chi connectivity index (χ2v) is 4.36. The van der Waals surface area contributed by atoms with Gasteiger partial charge in [-0.05, 0) is 18.2 Å². The summed E-state index contributed by atoms with van der Waals surface area (Å²) in [6, 6.07) is 8.40. The number of nitrogens with zero attached hydrogens (tertiary/aromatic N) is 1. The van der Waals surface area contributed by atoms with E-state index < -0.39 is 5.82 Å². The molecule has 0 aliphatic heterocycles. The highest BCUT2D eigenvalue weighted by Gasteiger charge is 2.09. The zero-order chi connectivity index (χ0) is 12.3. The third-order valence-electron chi connectivity index (χ3n) is 2.14. The maximum atomic E-state index is 13.3. The fourth-order valence-electron chi connectivity index (χ4n) is 1.32. The van der Waals surface area contributed by atoms with E-state index in [2.05, 4.69) is 4.98 Å². The molecule has 88 valence electrons. The molecule has 0 spiro atoms. The van der Waals surface area contributed by atoms with E-state index in [1.165, 1.54) is 24.9 Å². The molecule has 1 aromatic carbocycles. The number of ether oxygens (including phenoxy) is 1. The van der Waals surface area contributed by atoms with Crippen molar-refractivity contribution in [3.63, 3.8) is 0 Å². The van der Waals surface area contributed by atoms with Gasteiger partial charge in [0.25, 0.3) is 0 Å². The zero-order valence-corrected chi connectivity index (χ0v) is 10.00. The largest absolute Gasteiger partial charge is 0.494 e. The Balaban J connectivity index is 2.33. The molecule has 17 heavy (non-hydrogen) atoms. The van der Waals surface area contributed by atoms with Gasteiger partial charge in [-0.1, -0.05) is 17.8 Å². The fraction of sp³-hybridized carbons (Fsp3) is 0.0833. The van der Waals surface area contributed by atoms with Gasteiger partial charge in [-0.25, -0.2) is 9.37 Å². The lowest BCUT2D eigenvalue weighted by Gasteiger charge is -2.08. The molecule has 0 unspecified atom stereocenters. The minimum absolute atomic E-state index is 0.178. The van der Waals surface area contributed by atoms with E-state index in [4.69, 9.17) is 10.5 Å². The molecule has 2 N–H and O–H groups in total. The third kappa shape index (κ3) is 2.68. The Hall–Kier alpha value is -1.75. The highest BCUT2D eigenvalue weighted by molar-refractivity contribution is 7.99. The number of hydrogen-bond acceptors (Lipinski definition) is 4. The topological polar surface area (TPSA) is 48.1 Å². The van der Waals surface area contributed by atoms with Crippen molar-refractivity contribution in [2.24, 2.45) is 0 Å². The van der Waals surface area contributed by atoms with Gasteiger partial charge in [0.1, 0.15) is 5.03 Å². The number of nitrogen functional groups attached to an aromatic ring is 1. The van der Waals surface area contributed by atoms with Crippen molar-refractivity contribution in [1.82, 2.24) is 4.98 Å². The van der Waals surface area contributed by atoms with Crippen molar-refractivity contribution in [3.8, 4) is 5.75 Å². The standard InChI is InChI=1S/C12H11FN2OS/c1-16-10-7-11(9(14)6-8(10)13)17-12-4-2-3-5-15-12/h2-7H,14H2,1H3. The number of nitrogens with two attached hydrogens (primary N) is 1. The number of halogens is 1. The molecule has 2 rings (SSSR count). The number of aromatic nitrogens is 1. The lowest BCUT2D eigenvalue weighted by molar-refractivity contribution is 0.385. The summed E-state index contributed by atoms with van der Waals surface area (Å²) in [5.74, 6) is -0.284. The van der Waals surface area contributed by atoms with Crippen molar-refractivity contribution in [2.75, 3.05) is 12.8 Å². The molecule has 0 atom stereocenters. The summed E-state index contributed by atoms with van der Waals surface area (Å²) in [6.07, 6.45) is 1.69. The van der Waals surface area contributed by atoms with Crippen LogP contribution in [0.5, 0.6) is 5.75 Å². The van der Waals surface area contributed by atoms with E-state index in [9.17, 15) is 4.39 Å². The second kappa shape index (κ2) is 5.05. The van der Waals surface area contributed by atoms with E-state index in [0.717, 1.165) is 9.92 Å². The normalized spacial score (nSPS) is 10.2. The quantitative estimate of drug-likeness (QED) is 0.851. The van der Waals surface area contributed by atoms with Crippen molar-refractivity contribution in [3.05, 3.63) is 42.3 Å². The molecule has 5 heteroatoms. The molecule has 0 aliphatic rings. The predicted octanol–water partition coefficient (Wildman–Crippen LogP) is 2.96. The summed E-state index contributed by atoms with van der Waals surface area (Å²) in [7, 11) is 1.42. The lowest BCUT2D eigenvalue weighted by atomic mass is 10.3. The van der Waals surface area contributed by atoms with Crippen molar-refractivity contribution in [2.45, 2.75) is 9.92 Å². The minimum Gasteiger partial charge on any atom is -0.494 e. The van der Waals surface area contributed by atoms with Crippen LogP contribution in [0.3, 0.4) is 0 Å². The van der Waals surface area contributed by atoms with Crippen molar-refractivity contribution >= 4 is 17.4 Å². The number of pyridine rings is 1. The molecular weight excluding hydrogens is 239 g/mol. The van der Waals surface area contributed by atoms with E-state index in [1.807, 2.05) is 18.2 Å². The van der Waals surface area contributed by atoms with E-state index >= 15 is 0 Å². The maximum absolute atomic E-state index is 13.3. The Morgan fingerprint density at radius 1 is 1.35 bits per heavy atom. The smallest absolute Gasteiger partial charge is 0.167 e. The Labute approximate surface area is 103 Å². The lowest BCUT2D eigenvalue weighted by Crippen LogP contribution is -1.94. The predicted molar refractivity (Wildman–Crippen MR) is 65.7 cm³/mol. The maximum Gasteiger partial charge on any atom is 0.167 e. The van der Waals surface area contributed by atoms with Crippen LogP contribution < -0.4 is 10.5 Å². The van der Waals surface area contributed by atoms with E-state index in [1.54, 1.807) is 12.3 Å². The molecule has 1 heterocycles. The van der Waals surface area contributed by atoms with Gasteiger partial charge in [-0.2, -0.15) is 0 Å². The van der Waals surface area contributed by atoms with Crippen LogP contribution in [-0.2, 0) is 0 Å². The summed E-state index contributed by atoms with van der Waals surface area (Å²) in [6.45, 7) is 0. The van der Waals surface area contributed by atoms with Crippen LogP contribution >= 0.6 is 11.8 Å². The summed E-state index contributed by atoms with van der Waals surface area (Å²) in [4.78, 5) is 4.89. The van der Waals surface area contributed by atoms with Crippen LogP contribution in [0.2, 0.25) is 0 Å². The first kappa shape index (κ1) is 11.7.